The highest BCUT2D eigenvalue weighted by Gasteiger charge is 2.27. The number of ketones is 1. The lowest BCUT2D eigenvalue weighted by Crippen LogP contribution is -2.43. The second kappa shape index (κ2) is 11.5. The number of carbonyl (C=O) groups excluding carboxylic acids is 2. The Morgan fingerprint density at radius 2 is 1.97 bits per heavy atom. The number of nitrogens with zero attached hydrogens (tertiary/aromatic N) is 2. The van der Waals surface area contributed by atoms with Crippen molar-refractivity contribution in [3.63, 3.8) is 0 Å². The Hall–Kier alpha value is -2.93. The third kappa shape index (κ3) is 6.56. The normalized spacial score (nSPS) is 17.9. The predicted molar refractivity (Wildman–Crippen MR) is 134 cm³/mol. The van der Waals surface area contributed by atoms with E-state index in [1.807, 2.05) is 51.1 Å². The van der Waals surface area contributed by atoms with Crippen molar-refractivity contribution in [2.45, 2.75) is 65.6 Å². The van der Waals surface area contributed by atoms with Crippen LogP contribution in [0.3, 0.4) is 0 Å². The van der Waals surface area contributed by atoms with Crippen molar-refractivity contribution in [1.82, 2.24) is 9.88 Å². The summed E-state index contributed by atoms with van der Waals surface area (Å²) in [5, 5.41) is 3.09. The Bertz CT molecular complexity index is 1060. The summed E-state index contributed by atoms with van der Waals surface area (Å²) in [6, 6.07) is 10.5. The van der Waals surface area contributed by atoms with Gasteiger partial charge in [-0.2, -0.15) is 0 Å². The third-order valence-electron chi connectivity index (χ3n) is 6.22. The van der Waals surface area contributed by atoms with Gasteiger partial charge >= 0.3 is 0 Å². The highest BCUT2D eigenvalue weighted by atomic mass is 16.5. The zero-order chi connectivity index (χ0) is 24.8. The van der Waals surface area contributed by atoms with Gasteiger partial charge in [-0.3, -0.25) is 14.4 Å². The van der Waals surface area contributed by atoms with E-state index in [1.165, 1.54) is 11.5 Å². The van der Waals surface area contributed by atoms with Crippen LogP contribution in [0.2, 0.25) is 0 Å². The summed E-state index contributed by atoms with van der Waals surface area (Å²) in [6.07, 6.45) is 2.39. The molecule has 0 bridgehead atoms. The Morgan fingerprint density at radius 1 is 1.21 bits per heavy atom. The molecule has 1 aliphatic heterocycles. The van der Waals surface area contributed by atoms with E-state index in [-0.39, 0.29) is 35.6 Å². The average Bonchev–Trinajstić information content (AvgIpc) is 2.77. The number of hydrogen-bond acceptors (Lipinski definition) is 5. The molecule has 1 N–H and O–H groups in total. The SMILES string of the molecule is CC(=O)C[C@H](NC(=O)[C@H](CC(C)C)n1ccc(C)cc1=O)c1cccc(N2CCOC[C@@H]2C)c1. The highest BCUT2D eigenvalue weighted by molar-refractivity contribution is 5.82. The van der Waals surface area contributed by atoms with Gasteiger partial charge in [-0.05, 0) is 62.4 Å². The summed E-state index contributed by atoms with van der Waals surface area (Å²) in [5.74, 6) is -0.0549. The number of carbonyl (C=O) groups is 2. The van der Waals surface area contributed by atoms with Crippen LogP contribution in [0, 0.1) is 12.8 Å². The molecule has 1 saturated heterocycles. The van der Waals surface area contributed by atoms with Crippen molar-refractivity contribution >= 4 is 17.4 Å². The number of benzene rings is 1. The first-order chi connectivity index (χ1) is 16.2. The molecule has 3 rings (SSSR count). The van der Waals surface area contributed by atoms with Crippen molar-refractivity contribution in [3.8, 4) is 0 Å². The molecule has 0 radical (unpaired) electrons. The summed E-state index contributed by atoms with van der Waals surface area (Å²) >= 11 is 0. The lowest BCUT2D eigenvalue weighted by molar-refractivity contribution is -0.126. The molecule has 1 amide bonds. The minimum Gasteiger partial charge on any atom is -0.377 e. The van der Waals surface area contributed by atoms with Crippen LogP contribution in [0.15, 0.2) is 47.4 Å². The van der Waals surface area contributed by atoms with Crippen molar-refractivity contribution < 1.29 is 14.3 Å². The second-order valence-electron chi connectivity index (χ2n) is 9.77. The summed E-state index contributed by atoms with van der Waals surface area (Å²) < 4.78 is 7.06. The zero-order valence-corrected chi connectivity index (χ0v) is 20.9. The molecular weight excluding hydrogens is 430 g/mol. The summed E-state index contributed by atoms with van der Waals surface area (Å²) in [5.41, 5.74) is 2.57. The van der Waals surface area contributed by atoms with Crippen molar-refractivity contribution in [2.75, 3.05) is 24.7 Å². The van der Waals surface area contributed by atoms with Gasteiger partial charge in [0.15, 0.2) is 0 Å². The number of anilines is 1. The first kappa shape index (κ1) is 25.7. The van der Waals surface area contributed by atoms with Crippen LogP contribution in [0.5, 0.6) is 0 Å². The number of nitrogens with one attached hydrogen (secondary N) is 1. The van der Waals surface area contributed by atoms with Gasteiger partial charge in [-0.25, -0.2) is 0 Å². The summed E-state index contributed by atoms with van der Waals surface area (Å²) in [7, 11) is 0. The molecule has 7 heteroatoms. The van der Waals surface area contributed by atoms with E-state index in [0.29, 0.717) is 19.6 Å². The maximum absolute atomic E-state index is 13.5. The maximum atomic E-state index is 13.5. The van der Waals surface area contributed by atoms with Crippen LogP contribution in [-0.4, -0.2) is 42.1 Å². The van der Waals surface area contributed by atoms with Crippen LogP contribution in [0.25, 0.3) is 0 Å². The Morgan fingerprint density at radius 3 is 2.62 bits per heavy atom. The van der Waals surface area contributed by atoms with Crippen molar-refractivity contribution in [1.29, 1.82) is 0 Å². The monoisotopic (exact) mass is 467 g/mol. The molecule has 1 aliphatic rings. The lowest BCUT2D eigenvalue weighted by atomic mass is 9.98. The maximum Gasteiger partial charge on any atom is 0.251 e. The first-order valence-electron chi connectivity index (χ1n) is 12.1. The molecule has 0 unspecified atom stereocenters. The van der Waals surface area contributed by atoms with Gasteiger partial charge in [0.25, 0.3) is 5.56 Å². The average molecular weight is 468 g/mol. The third-order valence-corrected chi connectivity index (χ3v) is 6.22. The Labute approximate surface area is 202 Å². The molecule has 3 atom stereocenters. The predicted octanol–water partition coefficient (Wildman–Crippen LogP) is 3.81. The molecule has 0 spiro atoms. The lowest BCUT2D eigenvalue weighted by Gasteiger charge is -2.35. The number of rotatable bonds is 9. The van der Waals surface area contributed by atoms with Crippen LogP contribution >= 0.6 is 0 Å². The number of aryl methyl sites for hydroxylation is 1. The van der Waals surface area contributed by atoms with Gasteiger partial charge in [0.1, 0.15) is 11.8 Å². The molecule has 2 aromatic rings. The Balaban J connectivity index is 1.90. The van der Waals surface area contributed by atoms with Crippen LogP contribution in [0.4, 0.5) is 5.69 Å². The zero-order valence-electron chi connectivity index (χ0n) is 20.9. The molecule has 2 heterocycles. The van der Waals surface area contributed by atoms with Crippen LogP contribution < -0.4 is 15.8 Å². The topological polar surface area (TPSA) is 80.6 Å². The number of aromatic nitrogens is 1. The number of amides is 1. The van der Waals surface area contributed by atoms with Gasteiger partial charge in [0.2, 0.25) is 5.91 Å². The summed E-state index contributed by atoms with van der Waals surface area (Å²) in [4.78, 5) is 40.6. The van der Waals surface area contributed by atoms with Gasteiger partial charge < -0.3 is 19.5 Å². The molecule has 34 heavy (non-hydrogen) atoms. The van der Waals surface area contributed by atoms with Gasteiger partial charge in [0, 0.05) is 37.0 Å². The van der Waals surface area contributed by atoms with E-state index >= 15 is 0 Å². The number of pyridine rings is 1. The van der Waals surface area contributed by atoms with Gasteiger partial charge in [-0.15, -0.1) is 0 Å². The van der Waals surface area contributed by atoms with E-state index in [4.69, 9.17) is 4.74 Å². The molecule has 7 nitrogen and oxygen atoms in total. The molecule has 184 valence electrons. The van der Waals surface area contributed by atoms with E-state index in [9.17, 15) is 14.4 Å². The first-order valence-corrected chi connectivity index (χ1v) is 12.1. The highest BCUT2D eigenvalue weighted by Crippen LogP contribution is 2.27. The number of morpholine rings is 1. The van der Waals surface area contributed by atoms with Crippen LogP contribution in [-0.2, 0) is 14.3 Å². The van der Waals surface area contributed by atoms with E-state index in [0.717, 1.165) is 23.4 Å². The molecule has 1 fully saturated rings. The van der Waals surface area contributed by atoms with Gasteiger partial charge in [0.05, 0.1) is 19.3 Å². The van der Waals surface area contributed by atoms with Crippen molar-refractivity contribution in [2.24, 2.45) is 5.92 Å². The molecular formula is C27H37N3O4. The molecule has 0 saturated carbocycles. The van der Waals surface area contributed by atoms with E-state index < -0.39 is 12.1 Å². The van der Waals surface area contributed by atoms with E-state index in [2.05, 4.69) is 17.1 Å². The van der Waals surface area contributed by atoms with Crippen LogP contribution in [0.1, 0.15) is 63.7 Å². The minimum absolute atomic E-state index is 0.0108. The van der Waals surface area contributed by atoms with Gasteiger partial charge in [-0.1, -0.05) is 26.0 Å². The van der Waals surface area contributed by atoms with E-state index in [1.54, 1.807) is 12.3 Å². The standard InChI is InChI=1S/C27H37N3O4/c1-18(2)13-25(30-10-9-19(3)14-26(30)32)27(33)28-24(15-21(5)31)22-7-6-8-23(16-22)29-11-12-34-17-20(29)4/h6-10,14,16,18,20,24-25H,11-13,15,17H2,1-5H3,(H,28,33)/t20-,24-,25-/m0/s1. The fraction of sp³-hybridized carbons (Fsp3) is 0.519. The largest absolute Gasteiger partial charge is 0.377 e. The molecule has 1 aromatic heterocycles. The number of ether oxygens (including phenoxy) is 1. The molecule has 0 aliphatic carbocycles. The fourth-order valence-corrected chi connectivity index (χ4v) is 4.48. The Kier molecular flexibility index (Phi) is 8.67. The second-order valence-corrected chi connectivity index (χ2v) is 9.77. The summed E-state index contributed by atoms with van der Waals surface area (Å²) in [6.45, 7) is 11.7. The number of Topliss-reactive ketones (excluding diaryl/α,β-unsaturated/α-hetero) is 1. The molecule has 1 aromatic carbocycles. The minimum atomic E-state index is -0.648. The smallest absolute Gasteiger partial charge is 0.251 e. The quantitative estimate of drug-likeness (QED) is 0.607. The van der Waals surface area contributed by atoms with Crippen molar-refractivity contribution in [3.05, 3.63) is 64.1 Å². The number of hydrogen-bond donors (Lipinski definition) is 1. The fourth-order valence-electron chi connectivity index (χ4n) is 4.48.